The lowest BCUT2D eigenvalue weighted by molar-refractivity contribution is 0.431. The summed E-state index contributed by atoms with van der Waals surface area (Å²) >= 11 is 0. The van der Waals surface area contributed by atoms with Gasteiger partial charge in [-0.15, -0.1) is 6.42 Å². The van der Waals surface area contributed by atoms with Crippen LogP contribution in [0.1, 0.15) is 59.1 Å². The number of rotatable bonds is 5. The van der Waals surface area contributed by atoms with Crippen molar-refractivity contribution in [2.24, 2.45) is 0 Å². The zero-order valence-electron chi connectivity index (χ0n) is 24.9. The molecule has 0 saturated heterocycles. The molecule has 5 heterocycles. The van der Waals surface area contributed by atoms with Gasteiger partial charge in [-0.25, -0.2) is 13.0 Å². The van der Waals surface area contributed by atoms with Gasteiger partial charge in [-0.05, 0) is 68.4 Å². The van der Waals surface area contributed by atoms with E-state index in [-0.39, 0.29) is 11.4 Å². The number of nitrogens with one attached hydrogen (secondary N) is 1. The smallest absolute Gasteiger partial charge is 0.294 e. The molecule has 9 nitrogen and oxygen atoms in total. The van der Waals surface area contributed by atoms with Crippen molar-refractivity contribution in [3.63, 3.8) is 0 Å². The van der Waals surface area contributed by atoms with Gasteiger partial charge in [0, 0.05) is 64.7 Å². The van der Waals surface area contributed by atoms with Gasteiger partial charge in [0.25, 0.3) is 10.1 Å². The first-order chi connectivity index (χ1) is 21.7. The molecule has 0 aromatic heterocycles. The van der Waals surface area contributed by atoms with Crippen molar-refractivity contribution in [3.8, 4) is 23.8 Å². The van der Waals surface area contributed by atoms with Crippen molar-refractivity contribution in [2.75, 3.05) is 37.6 Å². The largest absolute Gasteiger partial charge is 0.455 e. The van der Waals surface area contributed by atoms with E-state index in [1.54, 1.807) is 0 Å². The van der Waals surface area contributed by atoms with Gasteiger partial charge >= 0.3 is 0 Å². The Kier molecular flexibility index (Phi) is 6.66. The van der Waals surface area contributed by atoms with Crippen molar-refractivity contribution in [1.82, 2.24) is 9.30 Å². The molecule has 0 unspecified atom stereocenters. The number of nitrogens with zero attached hydrogens (tertiary/aromatic N) is 2. The summed E-state index contributed by atoms with van der Waals surface area (Å²) in [6, 6.07) is 8.10. The SMILES string of the molecule is C#CCNS(=O)(=O)c1cc(S(=O)(=O)O)ccc1C1=c2cc3c4c(c2Oc2c1cc1c5c2CCCN5CCC1)CCC[N+]=4CCC3. The van der Waals surface area contributed by atoms with Gasteiger partial charge in [-0.1, -0.05) is 12.0 Å². The van der Waals surface area contributed by atoms with Crippen LogP contribution in [-0.4, -0.2) is 54.1 Å². The summed E-state index contributed by atoms with van der Waals surface area (Å²) in [6.07, 6.45) is 13.0. The van der Waals surface area contributed by atoms with Crippen LogP contribution in [0.15, 0.2) is 40.1 Å². The van der Waals surface area contributed by atoms with Gasteiger partial charge < -0.3 is 9.64 Å². The monoisotopic (exact) mass is 644 g/mol. The molecule has 0 saturated carbocycles. The van der Waals surface area contributed by atoms with Crippen LogP contribution in [0.2, 0.25) is 0 Å². The molecule has 232 valence electrons. The van der Waals surface area contributed by atoms with E-state index >= 15 is 0 Å². The molecule has 0 spiro atoms. The summed E-state index contributed by atoms with van der Waals surface area (Å²) in [6.45, 7) is 3.73. The quantitative estimate of drug-likeness (QED) is 0.195. The Morgan fingerprint density at radius 3 is 2.40 bits per heavy atom. The molecule has 5 aliphatic rings. The van der Waals surface area contributed by atoms with Crippen LogP contribution >= 0.6 is 0 Å². The van der Waals surface area contributed by atoms with Crippen LogP contribution in [0.5, 0.6) is 11.5 Å². The highest BCUT2D eigenvalue weighted by Crippen LogP contribution is 2.49. The molecule has 5 aliphatic heterocycles. The minimum atomic E-state index is -4.69. The molecule has 0 amide bonds. The lowest BCUT2D eigenvalue weighted by Gasteiger charge is -2.39. The number of hydrogen-bond donors (Lipinski definition) is 2. The first-order valence-corrected chi connectivity index (χ1v) is 18.6. The van der Waals surface area contributed by atoms with Crippen LogP contribution in [0.4, 0.5) is 5.69 Å². The molecule has 11 heteroatoms. The van der Waals surface area contributed by atoms with Gasteiger partial charge in [0.1, 0.15) is 24.6 Å². The highest BCUT2D eigenvalue weighted by Gasteiger charge is 2.37. The van der Waals surface area contributed by atoms with E-state index in [9.17, 15) is 21.4 Å². The maximum atomic E-state index is 13.8. The van der Waals surface area contributed by atoms with Crippen molar-refractivity contribution < 1.29 is 26.1 Å². The maximum absolute atomic E-state index is 13.8. The fraction of sp³-hybridized carbons (Fsp3) is 0.382. The predicted molar refractivity (Wildman–Crippen MR) is 171 cm³/mol. The highest BCUT2D eigenvalue weighted by molar-refractivity contribution is 7.89. The van der Waals surface area contributed by atoms with Gasteiger partial charge in [0.2, 0.25) is 15.4 Å². The number of benzene rings is 3. The second-order valence-corrected chi connectivity index (χ2v) is 15.7. The predicted octanol–water partition coefficient (Wildman–Crippen LogP) is 2.28. The lowest BCUT2D eigenvalue weighted by atomic mass is 9.82. The topological polar surface area (TPSA) is 116 Å². The number of anilines is 1. The van der Waals surface area contributed by atoms with E-state index in [0.29, 0.717) is 11.1 Å². The second kappa shape index (κ2) is 10.4. The molecule has 3 aromatic rings. The summed E-state index contributed by atoms with van der Waals surface area (Å²) in [5.41, 5.74) is 7.82. The lowest BCUT2D eigenvalue weighted by Crippen LogP contribution is -2.45. The van der Waals surface area contributed by atoms with Gasteiger partial charge in [0.05, 0.1) is 21.9 Å². The number of terminal acetylenes is 1. The molecular weight excluding hydrogens is 611 g/mol. The Hall–Kier alpha value is -3.69. The molecule has 0 atom stereocenters. The van der Waals surface area contributed by atoms with E-state index < -0.39 is 25.0 Å². The van der Waals surface area contributed by atoms with Crippen molar-refractivity contribution >= 4 is 31.4 Å². The fourth-order valence-corrected chi connectivity index (χ4v) is 9.86. The van der Waals surface area contributed by atoms with Gasteiger partial charge in [-0.3, -0.25) is 4.55 Å². The molecule has 45 heavy (non-hydrogen) atoms. The summed E-state index contributed by atoms with van der Waals surface area (Å²) in [5, 5.41) is 2.05. The molecule has 8 rings (SSSR count). The van der Waals surface area contributed by atoms with E-state index in [0.717, 1.165) is 117 Å². The summed E-state index contributed by atoms with van der Waals surface area (Å²) in [5.74, 6) is 3.80. The van der Waals surface area contributed by atoms with Crippen LogP contribution < -0.4 is 29.5 Å². The zero-order chi connectivity index (χ0) is 31.1. The third kappa shape index (κ3) is 4.53. The molecule has 0 radical (unpaired) electrons. The normalized spacial score (nSPS) is 18.3. The van der Waals surface area contributed by atoms with E-state index in [2.05, 4.69) is 32.3 Å². The van der Waals surface area contributed by atoms with Crippen LogP contribution in [0, 0.1) is 12.3 Å². The summed E-state index contributed by atoms with van der Waals surface area (Å²) in [4.78, 5) is 1.69. The summed E-state index contributed by atoms with van der Waals surface area (Å²) in [7, 11) is -8.99. The third-order valence-electron chi connectivity index (χ3n) is 9.86. The van der Waals surface area contributed by atoms with Crippen LogP contribution in [0.3, 0.4) is 0 Å². The Morgan fingerprint density at radius 2 is 1.62 bits per heavy atom. The number of hydrogen-bond acceptors (Lipinski definition) is 6. The zero-order valence-corrected chi connectivity index (χ0v) is 26.5. The van der Waals surface area contributed by atoms with Crippen molar-refractivity contribution in [1.29, 1.82) is 0 Å². The van der Waals surface area contributed by atoms with E-state index in [4.69, 9.17) is 11.2 Å². The number of ether oxygens (including phenoxy) is 1. The van der Waals surface area contributed by atoms with Gasteiger partial charge in [0.15, 0.2) is 0 Å². The van der Waals surface area contributed by atoms with Gasteiger partial charge in [-0.2, -0.15) is 13.1 Å². The van der Waals surface area contributed by atoms with Crippen molar-refractivity contribution in [2.45, 2.75) is 61.2 Å². The first kappa shape index (κ1) is 28.8. The highest BCUT2D eigenvalue weighted by atomic mass is 32.2. The second-order valence-electron chi connectivity index (χ2n) is 12.5. The maximum Gasteiger partial charge on any atom is 0.294 e. The average Bonchev–Trinajstić information content (AvgIpc) is 3.03. The van der Waals surface area contributed by atoms with Crippen LogP contribution in [0.25, 0.3) is 5.57 Å². The van der Waals surface area contributed by atoms with E-state index in [1.165, 1.54) is 34.3 Å². The molecule has 0 fully saturated rings. The molecule has 0 bridgehead atoms. The van der Waals surface area contributed by atoms with E-state index in [1.807, 2.05) is 0 Å². The first-order valence-electron chi connectivity index (χ1n) is 15.6. The third-order valence-corrected chi connectivity index (χ3v) is 12.2. The molecular formula is C34H34N3O6S2+. The van der Waals surface area contributed by atoms with Crippen LogP contribution in [-0.2, 0) is 45.8 Å². The van der Waals surface area contributed by atoms with Crippen molar-refractivity contribution in [3.05, 3.63) is 74.3 Å². The number of aryl methyl sites for hydroxylation is 2. The minimum Gasteiger partial charge on any atom is -0.455 e. The fourth-order valence-electron chi connectivity index (χ4n) is 8.11. The summed E-state index contributed by atoms with van der Waals surface area (Å²) < 4.78 is 74.0. The Balaban J connectivity index is 1.53. The number of sulfonamides is 1. The Labute approximate surface area is 263 Å². The minimum absolute atomic E-state index is 0.261. The molecule has 0 aliphatic carbocycles. The Bertz CT molecular complexity index is 2210. The average molecular weight is 645 g/mol. The number of fused-ring (bicyclic) bond motifs is 4. The molecule has 2 N–H and O–H groups in total. The molecule has 3 aromatic carbocycles. The standard InChI is InChI=1S/C34H33N3O6S2/c1-2-13-35-44(38,39)29-20-23(45(40,41)42)11-12-24(29)30-27-18-21-7-3-14-36-16-5-9-25(31(21)36)33(27)43-34-26-10-6-17-37-15-4-8-22(32(26)37)19-28(30)34/h1,11-12,18-20,35H,3-10,13-17H2/p+1. The Morgan fingerprint density at radius 1 is 0.889 bits per heavy atom.